The van der Waals surface area contributed by atoms with Gasteiger partial charge in [-0.1, -0.05) is 12.1 Å². The van der Waals surface area contributed by atoms with Crippen molar-refractivity contribution in [1.29, 1.82) is 0 Å². The van der Waals surface area contributed by atoms with Gasteiger partial charge in [0.2, 0.25) is 5.91 Å². The summed E-state index contributed by atoms with van der Waals surface area (Å²) in [6.07, 6.45) is 3.28. The Morgan fingerprint density at radius 3 is 2.67 bits per heavy atom. The summed E-state index contributed by atoms with van der Waals surface area (Å²) in [7, 11) is 1.73. The van der Waals surface area contributed by atoms with Crippen LogP contribution in [0.5, 0.6) is 0 Å². The largest absolute Gasteiger partial charge is 0.360 e. The number of hydrogen-bond donors (Lipinski definition) is 1. The zero-order valence-corrected chi connectivity index (χ0v) is 14.0. The van der Waals surface area contributed by atoms with Crippen LogP contribution in [0, 0.1) is 15.5 Å². The lowest BCUT2D eigenvalue weighted by molar-refractivity contribution is -0.384. The van der Waals surface area contributed by atoms with Crippen molar-refractivity contribution in [2.75, 3.05) is 44.7 Å². The summed E-state index contributed by atoms with van der Waals surface area (Å²) in [5.74, 6) is 0.0384. The standard InChI is InChI=1S/C17H24N4O3/c1-19(14-4-2-3-5-15(14)21(23)24)12-16(22)20-10-7-17(8-11-20)6-9-18-13-17/h2-5,18H,6-13H2,1H3. The number of carbonyl (C=O) groups is 1. The molecule has 2 saturated heterocycles. The molecule has 0 unspecified atom stereocenters. The molecule has 2 heterocycles. The number of likely N-dealkylation sites (N-methyl/N-ethyl adjacent to an activating group) is 1. The number of nitrogens with zero attached hydrogens (tertiary/aromatic N) is 3. The molecule has 130 valence electrons. The van der Waals surface area contributed by atoms with Crippen molar-refractivity contribution in [3.63, 3.8) is 0 Å². The Morgan fingerprint density at radius 2 is 2.04 bits per heavy atom. The van der Waals surface area contributed by atoms with E-state index in [1.54, 1.807) is 30.1 Å². The molecule has 1 spiro atoms. The Morgan fingerprint density at radius 1 is 1.33 bits per heavy atom. The predicted molar refractivity (Wildman–Crippen MR) is 92.1 cm³/mol. The van der Waals surface area contributed by atoms with Crippen LogP contribution in [0.25, 0.3) is 0 Å². The Kier molecular flexibility index (Phi) is 4.71. The van der Waals surface area contributed by atoms with Crippen LogP contribution in [0.2, 0.25) is 0 Å². The Bertz CT molecular complexity index is 618. The number of hydrogen-bond acceptors (Lipinski definition) is 5. The Balaban J connectivity index is 1.60. The lowest BCUT2D eigenvalue weighted by Crippen LogP contribution is -2.47. The molecule has 24 heavy (non-hydrogen) atoms. The zero-order chi connectivity index (χ0) is 17.2. The van der Waals surface area contributed by atoms with Crippen LogP contribution in [-0.4, -0.2) is 55.5 Å². The monoisotopic (exact) mass is 332 g/mol. The first-order chi connectivity index (χ1) is 11.5. The molecule has 2 aliphatic heterocycles. The summed E-state index contributed by atoms with van der Waals surface area (Å²) < 4.78 is 0. The molecule has 7 nitrogen and oxygen atoms in total. The molecule has 3 rings (SSSR count). The van der Waals surface area contributed by atoms with Gasteiger partial charge in [-0.25, -0.2) is 0 Å². The van der Waals surface area contributed by atoms with E-state index in [1.165, 1.54) is 12.5 Å². The normalized spacial score (nSPS) is 19.5. The number of piperidine rings is 1. The fourth-order valence-corrected chi connectivity index (χ4v) is 3.78. The first kappa shape index (κ1) is 16.7. The van der Waals surface area contributed by atoms with E-state index in [4.69, 9.17) is 0 Å². The molecule has 0 aliphatic carbocycles. The topological polar surface area (TPSA) is 78.7 Å². The summed E-state index contributed by atoms with van der Waals surface area (Å²) >= 11 is 0. The van der Waals surface area contributed by atoms with Crippen LogP contribution in [0.1, 0.15) is 19.3 Å². The van der Waals surface area contributed by atoms with Crippen molar-refractivity contribution in [3.8, 4) is 0 Å². The number of para-hydroxylation sites is 2. The highest BCUT2D eigenvalue weighted by molar-refractivity contribution is 5.82. The van der Waals surface area contributed by atoms with Gasteiger partial charge in [-0.3, -0.25) is 14.9 Å². The lowest BCUT2D eigenvalue weighted by Gasteiger charge is -2.39. The fourth-order valence-electron chi connectivity index (χ4n) is 3.78. The number of amides is 1. The van der Waals surface area contributed by atoms with E-state index < -0.39 is 4.92 Å². The highest BCUT2D eigenvalue weighted by atomic mass is 16.6. The second-order valence-electron chi connectivity index (χ2n) is 6.91. The number of rotatable bonds is 4. The minimum atomic E-state index is -0.409. The number of nitro benzene ring substituents is 1. The maximum Gasteiger partial charge on any atom is 0.292 e. The summed E-state index contributed by atoms with van der Waals surface area (Å²) in [5.41, 5.74) is 0.882. The van der Waals surface area contributed by atoms with Crippen molar-refractivity contribution >= 4 is 17.3 Å². The van der Waals surface area contributed by atoms with E-state index in [0.29, 0.717) is 11.1 Å². The van der Waals surface area contributed by atoms with Gasteiger partial charge in [0.15, 0.2) is 0 Å². The van der Waals surface area contributed by atoms with Gasteiger partial charge in [-0.15, -0.1) is 0 Å². The maximum atomic E-state index is 12.6. The number of benzene rings is 1. The molecule has 0 atom stereocenters. The summed E-state index contributed by atoms with van der Waals surface area (Å²) in [6, 6.07) is 6.53. The van der Waals surface area contributed by atoms with Crippen molar-refractivity contribution in [2.45, 2.75) is 19.3 Å². The number of nitrogens with one attached hydrogen (secondary N) is 1. The number of anilines is 1. The van der Waals surface area contributed by atoms with Crippen molar-refractivity contribution < 1.29 is 9.72 Å². The SMILES string of the molecule is CN(CC(=O)N1CCC2(CCNC2)CC1)c1ccccc1[N+](=O)[O-]. The molecule has 1 aromatic rings. The first-order valence-corrected chi connectivity index (χ1v) is 8.44. The van der Waals surface area contributed by atoms with Gasteiger partial charge in [0.25, 0.3) is 5.69 Å². The lowest BCUT2D eigenvalue weighted by atomic mass is 9.78. The highest BCUT2D eigenvalue weighted by Crippen LogP contribution is 2.37. The van der Waals surface area contributed by atoms with Gasteiger partial charge in [0.05, 0.1) is 11.5 Å². The molecule has 0 bridgehead atoms. The first-order valence-electron chi connectivity index (χ1n) is 8.44. The molecular weight excluding hydrogens is 308 g/mol. The van der Waals surface area contributed by atoms with Crippen molar-refractivity contribution in [3.05, 3.63) is 34.4 Å². The summed E-state index contributed by atoms with van der Waals surface area (Å²) in [6.45, 7) is 3.87. The third-order valence-electron chi connectivity index (χ3n) is 5.37. The molecule has 1 aromatic carbocycles. The van der Waals surface area contributed by atoms with E-state index in [1.807, 2.05) is 4.90 Å². The van der Waals surface area contributed by atoms with Gasteiger partial charge in [-0.2, -0.15) is 0 Å². The smallest absolute Gasteiger partial charge is 0.292 e. The molecule has 1 amide bonds. The molecule has 0 aromatic heterocycles. The maximum absolute atomic E-state index is 12.6. The molecule has 1 N–H and O–H groups in total. The summed E-state index contributed by atoms with van der Waals surface area (Å²) in [5, 5.41) is 14.6. The molecule has 0 saturated carbocycles. The van der Waals surface area contributed by atoms with Gasteiger partial charge in [-0.05, 0) is 37.3 Å². The number of likely N-dealkylation sites (tertiary alicyclic amines) is 1. The Hall–Kier alpha value is -2.15. The second-order valence-corrected chi connectivity index (χ2v) is 6.91. The summed E-state index contributed by atoms with van der Waals surface area (Å²) in [4.78, 5) is 26.9. The molecule has 0 radical (unpaired) electrons. The third kappa shape index (κ3) is 3.36. The van der Waals surface area contributed by atoms with Crippen LogP contribution in [0.15, 0.2) is 24.3 Å². The van der Waals surface area contributed by atoms with E-state index in [0.717, 1.165) is 39.0 Å². The van der Waals surface area contributed by atoms with E-state index in [2.05, 4.69) is 5.32 Å². The molecule has 2 fully saturated rings. The number of carbonyl (C=O) groups excluding carboxylic acids is 1. The molecular formula is C17H24N4O3. The predicted octanol–water partition coefficient (Wildman–Crippen LogP) is 1.63. The highest BCUT2D eigenvalue weighted by Gasteiger charge is 2.38. The fraction of sp³-hybridized carbons (Fsp3) is 0.588. The average molecular weight is 332 g/mol. The minimum absolute atomic E-state index is 0.0300. The van der Waals surface area contributed by atoms with Gasteiger partial charge < -0.3 is 15.1 Å². The zero-order valence-electron chi connectivity index (χ0n) is 14.0. The van der Waals surface area contributed by atoms with Gasteiger partial charge in [0, 0.05) is 32.7 Å². The van der Waals surface area contributed by atoms with E-state index >= 15 is 0 Å². The van der Waals surface area contributed by atoms with Crippen LogP contribution < -0.4 is 10.2 Å². The third-order valence-corrected chi connectivity index (χ3v) is 5.37. The minimum Gasteiger partial charge on any atom is -0.360 e. The quantitative estimate of drug-likeness (QED) is 0.670. The van der Waals surface area contributed by atoms with Crippen molar-refractivity contribution in [2.24, 2.45) is 5.41 Å². The van der Waals surface area contributed by atoms with Crippen LogP contribution in [-0.2, 0) is 4.79 Å². The molecule has 2 aliphatic rings. The van der Waals surface area contributed by atoms with Crippen LogP contribution >= 0.6 is 0 Å². The van der Waals surface area contributed by atoms with Crippen LogP contribution in [0.3, 0.4) is 0 Å². The Labute approximate surface area is 141 Å². The van der Waals surface area contributed by atoms with Gasteiger partial charge >= 0.3 is 0 Å². The molecule has 7 heteroatoms. The van der Waals surface area contributed by atoms with Crippen LogP contribution in [0.4, 0.5) is 11.4 Å². The average Bonchev–Trinajstić information content (AvgIpc) is 3.03. The number of nitro groups is 1. The van der Waals surface area contributed by atoms with Gasteiger partial charge in [0.1, 0.15) is 5.69 Å². The van der Waals surface area contributed by atoms with Crippen molar-refractivity contribution in [1.82, 2.24) is 10.2 Å². The van der Waals surface area contributed by atoms with E-state index in [9.17, 15) is 14.9 Å². The van der Waals surface area contributed by atoms with E-state index in [-0.39, 0.29) is 18.1 Å². The second kappa shape index (κ2) is 6.76.